The van der Waals surface area contributed by atoms with Crippen LogP contribution in [0.3, 0.4) is 0 Å². The van der Waals surface area contributed by atoms with Gasteiger partial charge in [0.25, 0.3) is 0 Å². The van der Waals surface area contributed by atoms with Gasteiger partial charge in [0.05, 0.1) is 0 Å². The van der Waals surface area contributed by atoms with Crippen LogP contribution in [0.5, 0.6) is 34.5 Å². The van der Waals surface area contributed by atoms with E-state index < -0.39 is 23.0 Å². The zero-order chi connectivity index (χ0) is 38.6. The van der Waals surface area contributed by atoms with Crippen molar-refractivity contribution in [3.05, 3.63) is 168 Å². The second-order valence-electron chi connectivity index (χ2n) is 12.0. The molecule has 0 aliphatic carbocycles. The Labute approximate surface area is 320 Å². The van der Waals surface area contributed by atoms with Gasteiger partial charge in [-0.3, -0.25) is 19.2 Å². The predicted molar refractivity (Wildman–Crippen MR) is 211 cm³/mol. The van der Waals surface area contributed by atoms with Crippen molar-refractivity contribution in [1.29, 1.82) is 0 Å². The van der Waals surface area contributed by atoms with E-state index in [9.17, 15) is 19.2 Å². The molecule has 0 saturated carbocycles. The molecular weight excluding hydrogens is 775 g/mol. The minimum atomic E-state index is -4.22. The molecule has 0 radical (unpaired) electrons. The molecule has 0 amide bonds. The number of aldehydes is 4. The zero-order valence-electron chi connectivity index (χ0n) is 28.9. The highest BCUT2D eigenvalue weighted by Crippen LogP contribution is 2.79. The lowest BCUT2D eigenvalue weighted by atomic mass is 10.0. The first-order chi connectivity index (χ1) is 27.3. The standard InChI is InChI=1S/C40H28N3O10P3/c44-25-29-9-17-33(18-10-29)48-54(49-34-19-11-30(26-45)12-20-34)41-55(50-35-21-13-31(27-46)14-22-35,51-36-23-15-32(28-47)16-24-36)43-56(42-54)52-39-7-3-1-5-37(39)38-6-2-4-8-40(38)53-56/h1-28H. The highest BCUT2D eigenvalue weighted by atomic mass is 31.3. The van der Waals surface area contributed by atoms with Crippen molar-refractivity contribution < 1.29 is 46.3 Å². The molecule has 278 valence electrons. The van der Waals surface area contributed by atoms with Crippen molar-refractivity contribution in [3.63, 3.8) is 0 Å². The summed E-state index contributed by atoms with van der Waals surface area (Å²) in [7, 11) is -12.6. The number of hydrogen-bond acceptors (Lipinski definition) is 13. The third kappa shape index (κ3) is 7.70. The highest BCUT2D eigenvalue weighted by molar-refractivity contribution is 7.79. The fraction of sp³-hybridized carbons (Fsp3) is 0. The Bertz CT molecular complexity index is 2370. The van der Waals surface area contributed by atoms with Gasteiger partial charge >= 0.3 is 23.0 Å². The number of fused-ring (bicyclic) bond motifs is 3. The first-order valence-electron chi connectivity index (χ1n) is 16.8. The lowest BCUT2D eigenvalue weighted by molar-refractivity contribution is 0.111. The number of benzene rings is 6. The Balaban J connectivity index is 1.45. The van der Waals surface area contributed by atoms with Crippen LogP contribution in [0.25, 0.3) is 11.1 Å². The van der Waals surface area contributed by atoms with Crippen molar-refractivity contribution in [1.82, 2.24) is 0 Å². The first kappa shape index (κ1) is 36.5. The molecule has 0 aromatic heterocycles. The van der Waals surface area contributed by atoms with E-state index >= 15 is 0 Å². The van der Waals surface area contributed by atoms with Gasteiger partial charge in [0.15, 0.2) is 0 Å². The SMILES string of the molecule is O=Cc1ccc(OP2(Oc3ccc(C=O)cc3)=NP(Oc3ccc(C=O)cc3)(Oc3ccc(C=O)cc3)=NP3(=N2)Oc2ccccc2-c2ccccc2O3)cc1. The molecule has 0 N–H and O–H groups in total. The number of rotatable bonds is 12. The Morgan fingerprint density at radius 2 is 0.679 bits per heavy atom. The molecule has 8 rings (SSSR count). The highest BCUT2D eigenvalue weighted by Gasteiger charge is 2.50. The Kier molecular flexibility index (Phi) is 9.98. The van der Waals surface area contributed by atoms with Gasteiger partial charge in [-0.25, -0.2) is 0 Å². The Morgan fingerprint density at radius 3 is 1.00 bits per heavy atom. The van der Waals surface area contributed by atoms with Crippen LogP contribution >= 0.6 is 23.0 Å². The largest absolute Gasteiger partial charge is 0.460 e. The van der Waals surface area contributed by atoms with Gasteiger partial charge < -0.3 is 27.1 Å². The van der Waals surface area contributed by atoms with Gasteiger partial charge in [-0.1, -0.05) is 49.9 Å². The van der Waals surface area contributed by atoms with E-state index in [1.807, 2.05) is 24.3 Å². The van der Waals surface area contributed by atoms with E-state index in [4.69, 9.17) is 40.7 Å². The van der Waals surface area contributed by atoms with Gasteiger partial charge in [-0.15, -0.1) is 0 Å². The smallest absolute Gasteiger partial charge is 0.413 e. The average molecular weight is 804 g/mol. The molecule has 16 heteroatoms. The molecule has 0 fully saturated rings. The normalized spacial score (nSPS) is 15.1. The van der Waals surface area contributed by atoms with E-state index in [0.717, 1.165) is 0 Å². The first-order valence-corrected chi connectivity index (χ1v) is 21.4. The van der Waals surface area contributed by atoms with Crippen LogP contribution < -0.4 is 27.1 Å². The van der Waals surface area contributed by atoms with Crippen LogP contribution in [0, 0.1) is 0 Å². The van der Waals surface area contributed by atoms with Crippen LogP contribution in [-0.2, 0) is 0 Å². The zero-order valence-corrected chi connectivity index (χ0v) is 31.6. The molecule has 6 aromatic rings. The van der Waals surface area contributed by atoms with E-state index in [0.29, 0.717) is 70.0 Å². The van der Waals surface area contributed by atoms with E-state index in [2.05, 4.69) is 0 Å². The lowest BCUT2D eigenvalue weighted by Gasteiger charge is -2.32. The molecule has 13 nitrogen and oxygen atoms in total. The van der Waals surface area contributed by atoms with Crippen molar-refractivity contribution >= 4 is 48.1 Å². The molecule has 0 saturated heterocycles. The molecule has 2 heterocycles. The second kappa shape index (κ2) is 15.3. The van der Waals surface area contributed by atoms with Crippen LogP contribution in [0.15, 0.2) is 159 Å². The van der Waals surface area contributed by atoms with Gasteiger partial charge in [0.1, 0.15) is 59.6 Å². The van der Waals surface area contributed by atoms with E-state index in [-0.39, 0.29) is 23.0 Å². The van der Waals surface area contributed by atoms with Crippen LogP contribution in [-0.4, -0.2) is 25.1 Å². The fourth-order valence-corrected chi connectivity index (χ4v) is 14.6. The van der Waals surface area contributed by atoms with E-state index in [1.165, 1.54) is 0 Å². The van der Waals surface area contributed by atoms with Gasteiger partial charge in [-0.2, -0.15) is 0 Å². The summed E-state index contributed by atoms with van der Waals surface area (Å²) in [6.07, 6.45) is 2.78. The maximum Gasteiger partial charge on any atom is 0.460 e. The van der Waals surface area contributed by atoms with Gasteiger partial charge in [0.2, 0.25) is 0 Å². The lowest BCUT2D eigenvalue weighted by Crippen LogP contribution is -2.11. The second-order valence-corrected chi connectivity index (χ2v) is 18.2. The minimum absolute atomic E-state index is 0.209. The summed E-state index contributed by atoms with van der Waals surface area (Å²) >= 11 is 0. The van der Waals surface area contributed by atoms with Crippen molar-refractivity contribution in [2.45, 2.75) is 0 Å². The third-order valence-electron chi connectivity index (χ3n) is 8.14. The number of hydrogen-bond donors (Lipinski definition) is 0. The Hall–Kier alpha value is -6.51. The molecular formula is C40H28N3O10P3. The molecule has 2 aliphatic heterocycles. The van der Waals surface area contributed by atoms with Crippen molar-refractivity contribution in [2.24, 2.45) is 13.5 Å². The van der Waals surface area contributed by atoms with Crippen LogP contribution in [0.4, 0.5) is 0 Å². The number of para-hydroxylation sites is 2. The molecule has 1 spiro atoms. The topological polar surface area (TPSA) is 161 Å². The summed E-state index contributed by atoms with van der Waals surface area (Å²) < 4.78 is 55.8. The van der Waals surface area contributed by atoms with Gasteiger partial charge in [-0.05, 0) is 109 Å². The fourth-order valence-electron chi connectivity index (χ4n) is 5.53. The monoisotopic (exact) mass is 803 g/mol. The minimum Gasteiger partial charge on any atom is -0.413 e. The van der Waals surface area contributed by atoms with Crippen molar-refractivity contribution in [2.75, 3.05) is 0 Å². The van der Waals surface area contributed by atoms with Gasteiger partial charge in [0, 0.05) is 33.4 Å². The number of nitrogens with zero attached hydrogens (tertiary/aromatic N) is 3. The molecule has 56 heavy (non-hydrogen) atoms. The van der Waals surface area contributed by atoms with Crippen LogP contribution in [0.2, 0.25) is 0 Å². The summed E-state index contributed by atoms with van der Waals surface area (Å²) in [4.78, 5) is 46.3. The maximum absolute atomic E-state index is 11.6. The summed E-state index contributed by atoms with van der Waals surface area (Å²) in [5.74, 6) is 1.60. The Morgan fingerprint density at radius 1 is 0.375 bits per heavy atom. The molecule has 6 aromatic carbocycles. The molecule has 0 unspecified atom stereocenters. The molecule has 2 aliphatic rings. The van der Waals surface area contributed by atoms with Crippen LogP contribution in [0.1, 0.15) is 41.4 Å². The third-order valence-corrected chi connectivity index (χ3v) is 16.2. The summed E-state index contributed by atoms with van der Waals surface area (Å²) in [6, 6.07) is 39.5. The van der Waals surface area contributed by atoms with Crippen molar-refractivity contribution in [3.8, 4) is 45.6 Å². The number of carbonyl (C=O) groups is 4. The molecule has 0 atom stereocenters. The van der Waals surface area contributed by atoms with E-state index in [1.54, 1.807) is 121 Å². The quantitative estimate of drug-likeness (QED) is 0.0860. The molecule has 0 bridgehead atoms. The summed E-state index contributed by atoms with van der Waals surface area (Å²) in [5, 5.41) is 0. The predicted octanol–water partition coefficient (Wildman–Crippen LogP) is 11.5. The number of carbonyl (C=O) groups excluding carboxylic acids is 4. The summed E-state index contributed by atoms with van der Waals surface area (Å²) in [6.45, 7) is 0. The summed E-state index contributed by atoms with van der Waals surface area (Å²) in [5.41, 5.74) is 2.96. The maximum atomic E-state index is 11.6. The average Bonchev–Trinajstić information content (AvgIpc) is 3.35.